The van der Waals surface area contributed by atoms with Gasteiger partial charge in [-0.2, -0.15) is 0 Å². The van der Waals surface area contributed by atoms with Gasteiger partial charge in [-0.1, -0.05) is 6.07 Å². The molecule has 0 radical (unpaired) electrons. The van der Waals surface area contributed by atoms with Crippen LogP contribution in [-0.4, -0.2) is 34.7 Å². The van der Waals surface area contributed by atoms with Gasteiger partial charge in [0, 0.05) is 28.9 Å². The fourth-order valence-electron chi connectivity index (χ4n) is 3.25. The molecule has 28 heavy (non-hydrogen) atoms. The maximum absolute atomic E-state index is 11.8. The van der Waals surface area contributed by atoms with E-state index in [1.807, 2.05) is 48.7 Å². The van der Waals surface area contributed by atoms with Crippen LogP contribution in [0.15, 0.2) is 67.0 Å². The first-order chi connectivity index (χ1) is 13.7. The second-order valence-electron chi connectivity index (χ2n) is 6.29. The summed E-state index contributed by atoms with van der Waals surface area (Å²) in [5.41, 5.74) is 4.12. The van der Waals surface area contributed by atoms with E-state index in [-0.39, 0.29) is 0 Å². The lowest BCUT2D eigenvalue weighted by molar-refractivity contribution is 0.0593. The van der Waals surface area contributed by atoms with E-state index in [0.717, 1.165) is 33.6 Å². The molecule has 0 unspecified atom stereocenters. The molecule has 6 nitrogen and oxygen atoms in total. The third-order valence-electron chi connectivity index (χ3n) is 4.59. The Morgan fingerprint density at radius 2 is 1.96 bits per heavy atom. The highest BCUT2D eigenvalue weighted by molar-refractivity contribution is 5.88. The Balaban J connectivity index is 1.84. The largest absolute Gasteiger partial charge is 0.497 e. The number of pyridine rings is 2. The highest BCUT2D eigenvalue weighted by atomic mass is 16.5. The molecule has 0 aliphatic rings. The molecular formula is C22H19N3O3. The molecule has 4 aromatic rings. The lowest BCUT2D eigenvalue weighted by atomic mass is 10.2. The molecule has 6 heteroatoms. The lowest BCUT2D eigenvalue weighted by Crippen LogP contribution is -2.09. The second kappa shape index (κ2) is 7.52. The maximum Gasteiger partial charge on any atom is 0.356 e. The smallest absolute Gasteiger partial charge is 0.356 e. The quantitative estimate of drug-likeness (QED) is 0.496. The summed E-state index contributed by atoms with van der Waals surface area (Å²) in [6.07, 6.45) is 3.58. The van der Waals surface area contributed by atoms with Crippen molar-refractivity contribution in [3.63, 3.8) is 0 Å². The van der Waals surface area contributed by atoms with E-state index in [2.05, 4.69) is 20.6 Å². The molecule has 4 rings (SSSR count). The molecule has 0 spiro atoms. The summed E-state index contributed by atoms with van der Waals surface area (Å²) >= 11 is 0. The van der Waals surface area contributed by atoms with Crippen molar-refractivity contribution in [2.24, 2.45) is 0 Å². The van der Waals surface area contributed by atoms with E-state index in [0.29, 0.717) is 12.2 Å². The molecule has 3 heterocycles. The average Bonchev–Trinajstić information content (AvgIpc) is 3.11. The molecule has 0 saturated carbocycles. The number of benzene rings is 1. The predicted molar refractivity (Wildman–Crippen MR) is 106 cm³/mol. The van der Waals surface area contributed by atoms with Crippen molar-refractivity contribution in [3.05, 3.63) is 78.4 Å². The molecule has 0 amide bonds. The van der Waals surface area contributed by atoms with Crippen LogP contribution in [0.2, 0.25) is 0 Å². The van der Waals surface area contributed by atoms with Crippen LogP contribution in [0.5, 0.6) is 5.75 Å². The summed E-state index contributed by atoms with van der Waals surface area (Å²) in [6, 6.07) is 17.4. The minimum Gasteiger partial charge on any atom is -0.497 e. The van der Waals surface area contributed by atoms with E-state index >= 15 is 0 Å². The third-order valence-corrected chi connectivity index (χ3v) is 4.59. The second-order valence-corrected chi connectivity index (χ2v) is 6.29. The molecule has 0 saturated heterocycles. The van der Waals surface area contributed by atoms with Gasteiger partial charge in [-0.05, 0) is 48.5 Å². The first kappa shape index (κ1) is 17.7. The van der Waals surface area contributed by atoms with Crippen molar-refractivity contribution in [3.8, 4) is 17.0 Å². The number of rotatable bonds is 5. The van der Waals surface area contributed by atoms with Gasteiger partial charge in [0.2, 0.25) is 0 Å². The highest BCUT2D eigenvalue weighted by Gasteiger charge is 2.14. The Labute approximate surface area is 162 Å². The molecule has 0 fully saturated rings. The van der Waals surface area contributed by atoms with Crippen LogP contribution in [-0.2, 0) is 11.3 Å². The number of hydrogen-bond donors (Lipinski definition) is 0. The zero-order valence-electron chi connectivity index (χ0n) is 15.6. The van der Waals surface area contributed by atoms with Gasteiger partial charge in [-0.25, -0.2) is 9.78 Å². The summed E-state index contributed by atoms with van der Waals surface area (Å²) < 4.78 is 12.3. The maximum atomic E-state index is 11.8. The van der Waals surface area contributed by atoms with Crippen molar-refractivity contribution in [2.75, 3.05) is 14.2 Å². The Hall–Kier alpha value is -3.67. The number of carbonyl (C=O) groups excluding carboxylic acids is 1. The summed E-state index contributed by atoms with van der Waals surface area (Å²) in [6.45, 7) is 0.505. The molecule has 1 aromatic carbocycles. The summed E-state index contributed by atoms with van der Waals surface area (Å²) in [4.78, 5) is 20.5. The number of hydrogen-bond acceptors (Lipinski definition) is 5. The normalized spacial score (nSPS) is 10.8. The van der Waals surface area contributed by atoms with Gasteiger partial charge in [0.1, 0.15) is 11.4 Å². The average molecular weight is 373 g/mol. The summed E-state index contributed by atoms with van der Waals surface area (Å²) in [5.74, 6) is 0.352. The zero-order valence-corrected chi connectivity index (χ0v) is 15.6. The molecule has 0 N–H and O–H groups in total. The van der Waals surface area contributed by atoms with E-state index in [1.54, 1.807) is 19.4 Å². The van der Waals surface area contributed by atoms with Gasteiger partial charge in [0.15, 0.2) is 0 Å². The molecule has 140 valence electrons. The number of aromatic nitrogens is 3. The molecule has 0 aliphatic carbocycles. The zero-order chi connectivity index (χ0) is 19.5. The third kappa shape index (κ3) is 3.32. The monoisotopic (exact) mass is 373 g/mol. The van der Waals surface area contributed by atoms with E-state index in [9.17, 15) is 4.79 Å². The highest BCUT2D eigenvalue weighted by Crippen LogP contribution is 2.31. The van der Waals surface area contributed by atoms with Crippen LogP contribution >= 0.6 is 0 Å². The summed E-state index contributed by atoms with van der Waals surface area (Å²) in [5, 5.41) is 1.06. The number of carbonyl (C=O) groups is 1. The number of nitrogens with zero attached hydrogens (tertiary/aromatic N) is 3. The minimum absolute atomic E-state index is 0.293. The van der Waals surface area contributed by atoms with E-state index in [1.165, 1.54) is 7.11 Å². The fraction of sp³-hybridized carbons (Fsp3) is 0.136. The van der Waals surface area contributed by atoms with Gasteiger partial charge >= 0.3 is 5.97 Å². The lowest BCUT2D eigenvalue weighted by Gasteiger charge is -2.11. The van der Waals surface area contributed by atoms with Crippen LogP contribution in [0.25, 0.3) is 22.2 Å². The molecule has 0 atom stereocenters. The van der Waals surface area contributed by atoms with Crippen molar-refractivity contribution >= 4 is 16.9 Å². The Kier molecular flexibility index (Phi) is 4.76. The fourth-order valence-corrected chi connectivity index (χ4v) is 3.25. The Bertz CT molecular complexity index is 1140. The van der Waals surface area contributed by atoms with Crippen LogP contribution in [0, 0.1) is 0 Å². The molecule has 3 aromatic heterocycles. The molecule has 0 aliphatic heterocycles. The van der Waals surface area contributed by atoms with Gasteiger partial charge in [0.05, 0.1) is 32.2 Å². The predicted octanol–water partition coefficient (Wildman–Crippen LogP) is 3.94. The van der Waals surface area contributed by atoms with Gasteiger partial charge in [-0.15, -0.1) is 0 Å². The van der Waals surface area contributed by atoms with Crippen molar-refractivity contribution in [2.45, 2.75) is 6.54 Å². The van der Waals surface area contributed by atoms with E-state index < -0.39 is 5.97 Å². The SMILES string of the molecule is COC(=O)c1cccc(Cn2c(-c3cccnc3)cc3cc(OC)ccc32)n1. The Morgan fingerprint density at radius 3 is 2.71 bits per heavy atom. The van der Waals surface area contributed by atoms with Gasteiger partial charge in [-0.3, -0.25) is 4.98 Å². The number of esters is 1. The van der Waals surface area contributed by atoms with E-state index in [4.69, 9.17) is 9.47 Å². The topological polar surface area (TPSA) is 66.2 Å². The first-order valence-electron chi connectivity index (χ1n) is 8.81. The summed E-state index contributed by atoms with van der Waals surface area (Å²) in [7, 11) is 3.01. The Morgan fingerprint density at radius 1 is 1.07 bits per heavy atom. The molecule has 0 bridgehead atoms. The van der Waals surface area contributed by atoms with Crippen molar-refractivity contribution in [1.29, 1.82) is 0 Å². The molecular weight excluding hydrogens is 354 g/mol. The van der Waals surface area contributed by atoms with Crippen molar-refractivity contribution < 1.29 is 14.3 Å². The standard InChI is InChI=1S/C22H19N3O3/c1-27-18-8-9-20-16(11-18)12-21(15-5-4-10-23-13-15)25(20)14-17-6-3-7-19(24-17)22(26)28-2/h3-13H,14H2,1-2H3. The van der Waals surface area contributed by atoms with Gasteiger partial charge in [0.25, 0.3) is 0 Å². The minimum atomic E-state index is -0.448. The number of methoxy groups -OCH3 is 2. The number of ether oxygens (including phenoxy) is 2. The van der Waals surface area contributed by atoms with Gasteiger partial charge < -0.3 is 14.0 Å². The first-order valence-corrected chi connectivity index (χ1v) is 8.81. The van der Waals surface area contributed by atoms with Crippen LogP contribution in [0.1, 0.15) is 16.2 Å². The van der Waals surface area contributed by atoms with Crippen LogP contribution < -0.4 is 4.74 Å². The van der Waals surface area contributed by atoms with Crippen LogP contribution in [0.3, 0.4) is 0 Å². The number of fused-ring (bicyclic) bond motifs is 1. The van der Waals surface area contributed by atoms with Crippen LogP contribution in [0.4, 0.5) is 0 Å². The van der Waals surface area contributed by atoms with Crippen molar-refractivity contribution in [1.82, 2.24) is 14.5 Å².